The predicted octanol–water partition coefficient (Wildman–Crippen LogP) is 7.21. The van der Waals surface area contributed by atoms with Gasteiger partial charge < -0.3 is 4.74 Å². The fraction of sp³-hybridized carbons (Fsp3) is 0.129. The second-order valence-electron chi connectivity index (χ2n) is 8.00. The Morgan fingerprint density at radius 2 is 1.24 bits per heavy atom. The summed E-state index contributed by atoms with van der Waals surface area (Å²) in [5.41, 5.74) is 4.95. The second kappa shape index (κ2) is 11.1. The molecule has 0 saturated carbocycles. The third-order valence-electron chi connectivity index (χ3n) is 5.70. The minimum absolute atomic E-state index is 0.0644. The van der Waals surface area contributed by atoms with Crippen molar-refractivity contribution in [2.45, 2.75) is 25.4 Å². The van der Waals surface area contributed by atoms with Crippen molar-refractivity contribution in [2.75, 3.05) is 0 Å². The van der Waals surface area contributed by atoms with Crippen LogP contribution in [0.2, 0.25) is 0 Å². The van der Waals surface area contributed by atoms with Crippen molar-refractivity contribution in [3.8, 4) is 0 Å². The number of hydrogen-bond donors (Lipinski definition) is 0. The monoisotopic (exact) mass is 432 g/mol. The highest BCUT2D eigenvalue weighted by atomic mass is 16.5. The number of carbonyl (C=O) groups excluding carboxylic acids is 1. The molecule has 1 atom stereocenters. The van der Waals surface area contributed by atoms with E-state index < -0.39 is 0 Å². The van der Waals surface area contributed by atoms with Gasteiger partial charge in [0.25, 0.3) is 0 Å². The van der Waals surface area contributed by atoms with Crippen molar-refractivity contribution in [3.63, 3.8) is 0 Å². The summed E-state index contributed by atoms with van der Waals surface area (Å²) in [6, 6.07) is 38.5. The van der Waals surface area contributed by atoms with Crippen LogP contribution in [0, 0.1) is 0 Å². The molecule has 0 aliphatic rings. The third kappa shape index (κ3) is 5.67. The van der Waals surface area contributed by atoms with Gasteiger partial charge in [0, 0.05) is 12.3 Å². The summed E-state index contributed by atoms with van der Waals surface area (Å²) in [6.07, 6.45) is 4.19. The first-order chi connectivity index (χ1) is 16.3. The topological polar surface area (TPSA) is 26.3 Å². The van der Waals surface area contributed by atoms with Crippen LogP contribution in [0.5, 0.6) is 0 Å². The first-order valence-electron chi connectivity index (χ1n) is 11.3. The Morgan fingerprint density at radius 3 is 1.82 bits per heavy atom. The molecular weight excluding hydrogens is 404 g/mol. The van der Waals surface area contributed by atoms with Gasteiger partial charge >= 0.3 is 5.97 Å². The Bertz CT molecular complexity index is 1140. The second-order valence-corrected chi connectivity index (χ2v) is 8.00. The molecule has 0 aliphatic heterocycles. The molecule has 0 aliphatic carbocycles. The van der Waals surface area contributed by atoms with E-state index in [0.29, 0.717) is 12.0 Å². The number of hydrogen-bond acceptors (Lipinski definition) is 2. The molecule has 2 nitrogen and oxygen atoms in total. The van der Waals surface area contributed by atoms with Crippen LogP contribution in [0.3, 0.4) is 0 Å². The quantitative estimate of drug-likeness (QED) is 0.167. The normalized spacial score (nSPS) is 12.1. The Hall–Kier alpha value is -3.91. The molecule has 33 heavy (non-hydrogen) atoms. The van der Waals surface area contributed by atoms with Gasteiger partial charge in [0.2, 0.25) is 0 Å². The largest absolute Gasteiger partial charge is 0.454 e. The average molecular weight is 433 g/mol. The van der Waals surface area contributed by atoms with Crippen LogP contribution in [0.4, 0.5) is 0 Å². The van der Waals surface area contributed by atoms with Gasteiger partial charge in [-0.3, -0.25) is 0 Å². The molecule has 0 bridgehead atoms. The van der Waals surface area contributed by atoms with Gasteiger partial charge in [-0.2, -0.15) is 0 Å². The van der Waals surface area contributed by atoms with E-state index in [-0.39, 0.29) is 18.0 Å². The Labute approximate surface area is 196 Å². The van der Waals surface area contributed by atoms with E-state index in [4.69, 9.17) is 4.74 Å². The van der Waals surface area contributed by atoms with Gasteiger partial charge in [0.15, 0.2) is 0 Å². The molecule has 0 radical (unpaired) electrons. The zero-order chi connectivity index (χ0) is 22.9. The van der Waals surface area contributed by atoms with E-state index in [1.165, 1.54) is 0 Å². The van der Waals surface area contributed by atoms with Crippen molar-refractivity contribution in [2.24, 2.45) is 0 Å². The highest BCUT2D eigenvalue weighted by Gasteiger charge is 2.24. The minimum atomic E-state index is -0.329. The van der Waals surface area contributed by atoms with Crippen molar-refractivity contribution in [1.29, 1.82) is 0 Å². The molecule has 0 heterocycles. The van der Waals surface area contributed by atoms with Crippen LogP contribution in [-0.4, -0.2) is 12.1 Å². The fourth-order valence-corrected chi connectivity index (χ4v) is 4.19. The van der Waals surface area contributed by atoms with Gasteiger partial charge in [-0.05, 0) is 41.3 Å². The van der Waals surface area contributed by atoms with Crippen LogP contribution < -0.4 is 0 Å². The molecule has 0 saturated heterocycles. The minimum Gasteiger partial charge on any atom is -0.454 e. The number of ether oxygens (including phenoxy) is 1. The van der Waals surface area contributed by atoms with Crippen molar-refractivity contribution < 1.29 is 9.53 Å². The molecule has 164 valence electrons. The van der Waals surface area contributed by atoms with Crippen molar-refractivity contribution in [1.82, 2.24) is 0 Å². The van der Waals surface area contributed by atoms with E-state index in [1.54, 1.807) is 0 Å². The zero-order valence-electron chi connectivity index (χ0n) is 18.8. The molecule has 0 spiro atoms. The highest BCUT2D eigenvalue weighted by molar-refractivity contribution is 5.92. The van der Waals surface area contributed by atoms with Gasteiger partial charge in [-0.1, -0.05) is 115 Å². The van der Waals surface area contributed by atoms with Crippen LogP contribution in [-0.2, 0) is 11.2 Å². The Balaban J connectivity index is 1.68. The summed E-state index contributed by atoms with van der Waals surface area (Å²) < 4.78 is 6.02. The van der Waals surface area contributed by atoms with Crippen molar-refractivity contribution in [3.05, 3.63) is 155 Å². The molecule has 0 N–H and O–H groups in total. The molecule has 2 heteroatoms. The number of benzene rings is 4. The molecule has 4 aromatic carbocycles. The molecule has 4 aromatic rings. The molecule has 0 aromatic heterocycles. The van der Waals surface area contributed by atoms with Gasteiger partial charge in [-0.15, -0.1) is 0 Å². The number of rotatable bonds is 8. The lowest BCUT2D eigenvalue weighted by Crippen LogP contribution is -2.20. The van der Waals surface area contributed by atoms with Crippen LogP contribution >= 0.6 is 0 Å². The lowest BCUT2D eigenvalue weighted by atomic mass is 9.83. The smallest absolute Gasteiger partial charge is 0.339 e. The molecular formula is C31H28O2. The summed E-state index contributed by atoms with van der Waals surface area (Å²) >= 11 is 0. The Kier molecular flexibility index (Phi) is 7.50. The summed E-state index contributed by atoms with van der Waals surface area (Å²) in [6.45, 7) is 1.95. The molecule has 0 unspecified atom stereocenters. The standard InChI is InChI=1S/C31H28O2/c1-2-14-27(23-24-15-6-3-7-16-24)33-31(32)29-22-13-12-21-28(29)30(25-17-8-4-9-18-25)26-19-10-5-11-20-26/h2-22,27,30H,23H2,1H3/b14-2+/t27-/m1/s1. The molecule has 0 amide bonds. The third-order valence-corrected chi connectivity index (χ3v) is 5.70. The first kappa shape index (κ1) is 22.3. The fourth-order valence-electron chi connectivity index (χ4n) is 4.19. The van der Waals surface area contributed by atoms with Gasteiger partial charge in [0.05, 0.1) is 5.56 Å². The van der Waals surface area contributed by atoms with E-state index in [0.717, 1.165) is 22.3 Å². The van der Waals surface area contributed by atoms with Crippen LogP contribution in [0.15, 0.2) is 127 Å². The maximum Gasteiger partial charge on any atom is 0.339 e. The number of allylic oxidation sites excluding steroid dienone is 1. The molecule has 4 rings (SSSR count). The summed E-state index contributed by atoms with van der Waals surface area (Å²) in [5.74, 6) is -0.369. The maximum atomic E-state index is 13.5. The number of carbonyl (C=O) groups is 1. The van der Waals surface area contributed by atoms with E-state index in [9.17, 15) is 4.79 Å². The highest BCUT2D eigenvalue weighted by Crippen LogP contribution is 2.34. The maximum absolute atomic E-state index is 13.5. The van der Waals surface area contributed by atoms with E-state index in [1.807, 2.05) is 97.9 Å². The summed E-state index contributed by atoms with van der Waals surface area (Å²) in [5, 5.41) is 0. The lowest BCUT2D eigenvalue weighted by molar-refractivity contribution is 0.0394. The van der Waals surface area contributed by atoms with Gasteiger partial charge in [0.1, 0.15) is 6.10 Å². The van der Waals surface area contributed by atoms with E-state index >= 15 is 0 Å². The average Bonchev–Trinajstić information content (AvgIpc) is 2.87. The van der Waals surface area contributed by atoms with Crippen molar-refractivity contribution >= 4 is 5.97 Å². The van der Waals surface area contributed by atoms with Gasteiger partial charge in [-0.25, -0.2) is 4.79 Å². The SMILES string of the molecule is C/C=C/[C@H](Cc1ccccc1)OC(=O)c1ccccc1C(c1ccccc1)c1ccccc1. The van der Waals surface area contributed by atoms with Crippen LogP contribution in [0.25, 0.3) is 0 Å². The summed E-state index contributed by atoms with van der Waals surface area (Å²) in [7, 11) is 0. The Morgan fingerprint density at radius 1 is 0.727 bits per heavy atom. The number of esters is 1. The summed E-state index contributed by atoms with van der Waals surface area (Å²) in [4.78, 5) is 13.5. The lowest BCUT2D eigenvalue weighted by Gasteiger charge is -2.22. The van der Waals surface area contributed by atoms with Crippen LogP contribution in [0.1, 0.15) is 45.5 Å². The molecule has 0 fully saturated rings. The first-order valence-corrected chi connectivity index (χ1v) is 11.3. The predicted molar refractivity (Wildman–Crippen MR) is 134 cm³/mol. The zero-order valence-corrected chi connectivity index (χ0v) is 18.8. The van der Waals surface area contributed by atoms with E-state index in [2.05, 4.69) is 36.4 Å².